The van der Waals surface area contributed by atoms with E-state index in [1.54, 1.807) is 0 Å². The maximum Gasteiger partial charge on any atom is 2.00 e. The summed E-state index contributed by atoms with van der Waals surface area (Å²) < 4.78 is 0. The van der Waals surface area contributed by atoms with Crippen molar-refractivity contribution < 1.29 is 57.7 Å². The minimum absolute atomic E-state index is 0. The fourth-order valence-corrected chi connectivity index (χ4v) is 3.01. The third kappa shape index (κ3) is 13.1. The second kappa shape index (κ2) is 22.1. The van der Waals surface area contributed by atoms with Crippen molar-refractivity contribution in [2.75, 3.05) is 49.9 Å². The SMILES string of the molecule is O.O.O.[Cl-].[Cl-].[Ni+2].c1ccc2c(c1)CNCCNCCNCc1ccccc1NCCN2. The number of fused-ring (bicyclic) bond motifs is 2. The van der Waals surface area contributed by atoms with E-state index in [-0.39, 0.29) is 57.7 Å². The Kier molecular flexibility index (Phi) is 26.5. The van der Waals surface area contributed by atoms with Crippen LogP contribution in [0.2, 0.25) is 0 Å². The molecule has 0 bridgehead atoms. The van der Waals surface area contributed by atoms with Crippen LogP contribution in [0, 0.1) is 0 Å². The summed E-state index contributed by atoms with van der Waals surface area (Å²) in [6.07, 6.45) is 0. The van der Waals surface area contributed by atoms with Crippen molar-refractivity contribution >= 4 is 11.4 Å². The number of rotatable bonds is 0. The third-order valence-electron chi connectivity index (χ3n) is 4.38. The first kappa shape index (κ1) is 37.2. The molecule has 0 unspecified atom stereocenters. The minimum atomic E-state index is 0. The Bertz CT molecular complexity index is 619. The molecule has 8 nitrogen and oxygen atoms in total. The van der Waals surface area contributed by atoms with Gasteiger partial charge in [0.25, 0.3) is 0 Å². The van der Waals surface area contributed by atoms with Crippen molar-refractivity contribution in [1.82, 2.24) is 16.0 Å². The van der Waals surface area contributed by atoms with Gasteiger partial charge < -0.3 is 67.8 Å². The molecule has 1 heterocycles. The zero-order valence-electron chi connectivity index (χ0n) is 17.3. The van der Waals surface area contributed by atoms with Crippen LogP contribution in [-0.2, 0) is 29.6 Å². The van der Waals surface area contributed by atoms with Gasteiger partial charge in [0, 0.05) is 63.7 Å². The molecule has 2 aromatic rings. The molecule has 0 spiro atoms. The Morgan fingerprint density at radius 2 is 0.839 bits per heavy atom. The van der Waals surface area contributed by atoms with E-state index in [2.05, 4.69) is 75.1 Å². The zero-order chi connectivity index (χ0) is 17.2. The number of hydrogen-bond donors (Lipinski definition) is 5. The normalized spacial score (nSPS) is 13.9. The minimum Gasteiger partial charge on any atom is -1.00 e. The Balaban J connectivity index is -0.000000607. The summed E-state index contributed by atoms with van der Waals surface area (Å²) in [7, 11) is 0. The van der Waals surface area contributed by atoms with E-state index in [0.717, 1.165) is 52.4 Å². The molecule has 0 amide bonds. The van der Waals surface area contributed by atoms with E-state index in [4.69, 9.17) is 0 Å². The topological polar surface area (TPSA) is 155 Å². The van der Waals surface area contributed by atoms with Crippen LogP contribution < -0.4 is 51.4 Å². The second-order valence-electron chi connectivity index (χ2n) is 6.27. The number of benzene rings is 2. The van der Waals surface area contributed by atoms with Gasteiger partial charge in [-0.3, -0.25) is 0 Å². The predicted octanol–water partition coefficient (Wildman–Crippen LogP) is -6.48. The summed E-state index contributed by atoms with van der Waals surface area (Å²) in [4.78, 5) is 0. The van der Waals surface area contributed by atoms with Gasteiger partial charge >= 0.3 is 16.5 Å². The van der Waals surface area contributed by atoms with Gasteiger partial charge in [0.2, 0.25) is 0 Å². The molecule has 1 aliphatic heterocycles. The molecular weight excluding hydrogens is 488 g/mol. The van der Waals surface area contributed by atoms with E-state index in [1.807, 2.05) is 0 Å². The summed E-state index contributed by atoms with van der Waals surface area (Å²) in [5, 5.41) is 17.6. The van der Waals surface area contributed by atoms with Crippen LogP contribution in [0.3, 0.4) is 0 Å². The van der Waals surface area contributed by atoms with Crippen LogP contribution in [0.5, 0.6) is 0 Å². The average Bonchev–Trinajstić information content (AvgIpc) is 2.65. The quantitative estimate of drug-likeness (QED) is 0.218. The maximum absolute atomic E-state index is 3.55. The van der Waals surface area contributed by atoms with Crippen molar-refractivity contribution in [3.8, 4) is 0 Å². The van der Waals surface area contributed by atoms with Crippen LogP contribution in [0.15, 0.2) is 48.5 Å². The summed E-state index contributed by atoms with van der Waals surface area (Å²) in [5.74, 6) is 0. The molecule has 0 radical (unpaired) electrons. The average molecular weight is 523 g/mol. The van der Waals surface area contributed by atoms with Crippen molar-refractivity contribution in [1.29, 1.82) is 0 Å². The number of nitrogens with one attached hydrogen (secondary N) is 5. The maximum atomic E-state index is 3.55. The number of para-hydroxylation sites is 2. The summed E-state index contributed by atoms with van der Waals surface area (Å²) in [6.45, 7) is 7.46. The Hall–Kier alpha value is -1.13. The fourth-order valence-electron chi connectivity index (χ4n) is 3.01. The Morgan fingerprint density at radius 3 is 1.26 bits per heavy atom. The van der Waals surface area contributed by atoms with Gasteiger partial charge in [-0.05, 0) is 23.3 Å². The Morgan fingerprint density at radius 1 is 0.484 bits per heavy atom. The predicted molar refractivity (Wildman–Crippen MR) is 117 cm³/mol. The summed E-state index contributed by atoms with van der Waals surface area (Å²) in [6, 6.07) is 17.1. The molecule has 11 N–H and O–H groups in total. The molecule has 0 aromatic heterocycles. The van der Waals surface area contributed by atoms with E-state index in [1.165, 1.54) is 22.5 Å². The fraction of sp³-hybridized carbons (Fsp3) is 0.400. The van der Waals surface area contributed by atoms with Gasteiger partial charge in [0.05, 0.1) is 0 Å². The molecule has 1 aliphatic rings. The molecule has 31 heavy (non-hydrogen) atoms. The Labute approximate surface area is 207 Å². The molecule has 0 saturated heterocycles. The van der Waals surface area contributed by atoms with Gasteiger partial charge in [-0.2, -0.15) is 0 Å². The summed E-state index contributed by atoms with van der Waals surface area (Å²) in [5.41, 5.74) is 5.05. The van der Waals surface area contributed by atoms with Gasteiger partial charge in [0.15, 0.2) is 0 Å². The van der Waals surface area contributed by atoms with Crippen molar-refractivity contribution in [3.05, 3.63) is 59.7 Å². The molecular formula is C20H35Cl2N5NiO3. The zero-order valence-corrected chi connectivity index (χ0v) is 19.8. The van der Waals surface area contributed by atoms with E-state index in [0.29, 0.717) is 0 Å². The molecule has 3 rings (SSSR count). The number of halogens is 2. The molecule has 2 aromatic carbocycles. The summed E-state index contributed by atoms with van der Waals surface area (Å²) >= 11 is 0. The standard InChI is InChI=1S/C20H29N5.2ClH.Ni.3H2O/c1-3-7-19-17(5-1)15-22-11-9-21-10-12-23-16-18-6-2-4-8-20(18)25-14-13-24-19;;;;;;/h1-8,21-25H,9-16H2;2*1H;;3*1H2/q;;;+2;;;/p-2. The molecule has 0 fully saturated rings. The van der Waals surface area contributed by atoms with Gasteiger partial charge in [-0.1, -0.05) is 36.4 Å². The first-order valence-electron chi connectivity index (χ1n) is 9.19. The largest absolute Gasteiger partial charge is 2.00 e. The van der Waals surface area contributed by atoms with Gasteiger partial charge in [-0.15, -0.1) is 0 Å². The first-order chi connectivity index (χ1) is 12.4. The smallest absolute Gasteiger partial charge is 1.00 e. The van der Waals surface area contributed by atoms with Crippen molar-refractivity contribution in [2.45, 2.75) is 13.1 Å². The van der Waals surface area contributed by atoms with Crippen molar-refractivity contribution in [3.63, 3.8) is 0 Å². The molecule has 182 valence electrons. The molecule has 11 heteroatoms. The van der Waals surface area contributed by atoms with Crippen LogP contribution in [0.1, 0.15) is 11.1 Å². The van der Waals surface area contributed by atoms with Gasteiger partial charge in [0.1, 0.15) is 0 Å². The van der Waals surface area contributed by atoms with Gasteiger partial charge in [-0.25, -0.2) is 0 Å². The number of anilines is 2. The van der Waals surface area contributed by atoms with Crippen LogP contribution in [-0.4, -0.2) is 55.7 Å². The van der Waals surface area contributed by atoms with E-state index >= 15 is 0 Å². The second-order valence-corrected chi connectivity index (χ2v) is 6.27. The number of hydrogen-bond acceptors (Lipinski definition) is 5. The van der Waals surface area contributed by atoms with Crippen LogP contribution >= 0.6 is 0 Å². The molecule has 0 aliphatic carbocycles. The van der Waals surface area contributed by atoms with Crippen molar-refractivity contribution in [2.24, 2.45) is 0 Å². The van der Waals surface area contributed by atoms with Crippen LogP contribution in [0.25, 0.3) is 0 Å². The van der Waals surface area contributed by atoms with E-state index in [9.17, 15) is 0 Å². The van der Waals surface area contributed by atoms with Crippen LogP contribution in [0.4, 0.5) is 11.4 Å². The monoisotopic (exact) mass is 521 g/mol. The molecule has 0 saturated carbocycles. The van der Waals surface area contributed by atoms with E-state index < -0.39 is 0 Å². The third-order valence-corrected chi connectivity index (χ3v) is 4.38. The first-order valence-corrected chi connectivity index (χ1v) is 9.19. The molecule has 0 atom stereocenters.